The van der Waals surface area contributed by atoms with Gasteiger partial charge >= 0.3 is 0 Å². The Labute approximate surface area is 127 Å². The van der Waals surface area contributed by atoms with E-state index in [1.165, 1.54) is 0 Å². The van der Waals surface area contributed by atoms with Crippen molar-refractivity contribution in [1.82, 2.24) is 5.32 Å². The van der Waals surface area contributed by atoms with E-state index in [2.05, 4.69) is 25.7 Å². The second-order valence-electron chi connectivity index (χ2n) is 5.38. The van der Waals surface area contributed by atoms with E-state index in [1.807, 2.05) is 13.0 Å². The monoisotopic (exact) mass is 290 g/mol. The molecule has 0 spiro atoms. The zero-order valence-electron chi connectivity index (χ0n) is 13.2. The smallest absolute Gasteiger partial charge is 0.248 e. The molecule has 0 bridgehead atoms. The van der Waals surface area contributed by atoms with Crippen molar-refractivity contribution < 1.29 is 9.53 Å². The fourth-order valence-corrected chi connectivity index (χ4v) is 2.18. The zero-order valence-corrected chi connectivity index (χ0v) is 13.2. The lowest BCUT2D eigenvalue weighted by molar-refractivity contribution is 0.0999. The molecular weight excluding hydrogens is 264 g/mol. The minimum absolute atomic E-state index is 0.412. The number of carbonyl (C=O) groups excluding carboxylic acids is 1. The third kappa shape index (κ3) is 5.23. The van der Waals surface area contributed by atoms with Crippen LogP contribution in [0.1, 0.15) is 41.8 Å². The number of primary amides is 1. The van der Waals surface area contributed by atoms with Gasteiger partial charge in [-0.05, 0) is 44.0 Å². The maximum atomic E-state index is 11.4. The second-order valence-corrected chi connectivity index (χ2v) is 5.38. The van der Waals surface area contributed by atoms with Crippen LogP contribution in [0.15, 0.2) is 24.8 Å². The Morgan fingerprint density at radius 2 is 2.19 bits per heavy atom. The van der Waals surface area contributed by atoms with Crippen molar-refractivity contribution in [2.24, 2.45) is 5.73 Å². The molecule has 0 saturated carbocycles. The van der Waals surface area contributed by atoms with Crippen molar-refractivity contribution in [2.75, 3.05) is 13.2 Å². The summed E-state index contributed by atoms with van der Waals surface area (Å²) in [7, 11) is 0. The number of nitrogens with one attached hydrogen (secondary N) is 1. The van der Waals surface area contributed by atoms with Crippen LogP contribution in [0, 0.1) is 6.92 Å². The van der Waals surface area contributed by atoms with Crippen LogP contribution >= 0.6 is 0 Å². The summed E-state index contributed by atoms with van der Waals surface area (Å²) in [6.45, 7) is 11.5. The standard InChI is InChI=1S/C17H26N2O2/c1-5-7-14-13(4)15(17(18)20)8-9-16(14)21-11-6-10-19-12(2)3/h5,8-9,12,19H,1,6-7,10-11H2,2-4H3,(H2,18,20). The van der Waals surface area contributed by atoms with Crippen molar-refractivity contribution in [1.29, 1.82) is 0 Å². The number of nitrogens with two attached hydrogens (primary N) is 1. The van der Waals surface area contributed by atoms with Gasteiger partial charge in [0.25, 0.3) is 0 Å². The second kappa shape index (κ2) is 8.47. The molecule has 0 saturated heterocycles. The molecule has 0 radical (unpaired) electrons. The molecule has 0 unspecified atom stereocenters. The van der Waals surface area contributed by atoms with Gasteiger partial charge in [-0.2, -0.15) is 0 Å². The number of ether oxygens (including phenoxy) is 1. The quantitative estimate of drug-likeness (QED) is 0.543. The van der Waals surface area contributed by atoms with E-state index in [9.17, 15) is 4.79 Å². The molecule has 0 aliphatic carbocycles. The molecule has 1 aromatic rings. The summed E-state index contributed by atoms with van der Waals surface area (Å²) in [5.74, 6) is 0.396. The Bertz CT molecular complexity index is 496. The molecule has 1 aromatic carbocycles. The Hall–Kier alpha value is -1.81. The van der Waals surface area contributed by atoms with E-state index in [4.69, 9.17) is 10.5 Å². The molecular formula is C17H26N2O2. The highest BCUT2D eigenvalue weighted by atomic mass is 16.5. The average molecular weight is 290 g/mol. The van der Waals surface area contributed by atoms with Crippen LogP contribution < -0.4 is 15.8 Å². The first kappa shape index (κ1) is 17.2. The van der Waals surface area contributed by atoms with E-state index in [0.717, 1.165) is 29.8 Å². The lowest BCUT2D eigenvalue weighted by Gasteiger charge is -2.15. The van der Waals surface area contributed by atoms with Gasteiger partial charge in [0, 0.05) is 17.2 Å². The molecule has 3 N–H and O–H groups in total. The summed E-state index contributed by atoms with van der Waals surface area (Å²) in [4.78, 5) is 11.4. The van der Waals surface area contributed by atoms with Gasteiger partial charge in [-0.15, -0.1) is 6.58 Å². The molecule has 116 valence electrons. The summed E-state index contributed by atoms with van der Waals surface area (Å²) < 4.78 is 5.85. The number of hydrogen-bond acceptors (Lipinski definition) is 3. The molecule has 4 heteroatoms. The Morgan fingerprint density at radius 3 is 2.76 bits per heavy atom. The number of amides is 1. The molecule has 21 heavy (non-hydrogen) atoms. The van der Waals surface area contributed by atoms with Crippen molar-refractivity contribution >= 4 is 5.91 Å². The topological polar surface area (TPSA) is 64.3 Å². The fourth-order valence-electron chi connectivity index (χ4n) is 2.18. The molecule has 4 nitrogen and oxygen atoms in total. The van der Waals surface area contributed by atoms with Gasteiger partial charge in [0.05, 0.1) is 6.61 Å². The van der Waals surface area contributed by atoms with Gasteiger partial charge in [-0.3, -0.25) is 4.79 Å². The fraction of sp³-hybridized carbons (Fsp3) is 0.471. The van der Waals surface area contributed by atoms with Crippen molar-refractivity contribution in [2.45, 2.75) is 39.7 Å². The lowest BCUT2D eigenvalue weighted by atomic mass is 9.98. The molecule has 1 amide bonds. The van der Waals surface area contributed by atoms with Gasteiger partial charge in [0.15, 0.2) is 0 Å². The Morgan fingerprint density at radius 1 is 1.48 bits per heavy atom. The number of rotatable bonds is 9. The summed E-state index contributed by atoms with van der Waals surface area (Å²) >= 11 is 0. The van der Waals surface area contributed by atoms with Gasteiger partial charge in [0.2, 0.25) is 5.91 Å². The first-order chi connectivity index (χ1) is 9.97. The van der Waals surface area contributed by atoms with Crippen LogP contribution in [-0.2, 0) is 6.42 Å². The maximum absolute atomic E-state index is 11.4. The molecule has 0 atom stereocenters. The molecule has 1 rings (SSSR count). The average Bonchev–Trinajstić information content (AvgIpc) is 2.41. The highest BCUT2D eigenvalue weighted by Crippen LogP contribution is 2.26. The van der Waals surface area contributed by atoms with Gasteiger partial charge in [0.1, 0.15) is 5.75 Å². The predicted molar refractivity (Wildman–Crippen MR) is 86.8 cm³/mol. The van der Waals surface area contributed by atoms with Crippen LogP contribution in [0.5, 0.6) is 5.75 Å². The first-order valence-electron chi connectivity index (χ1n) is 7.36. The lowest BCUT2D eigenvalue weighted by Crippen LogP contribution is -2.24. The van der Waals surface area contributed by atoms with Crippen molar-refractivity contribution in [3.05, 3.63) is 41.5 Å². The van der Waals surface area contributed by atoms with Gasteiger partial charge < -0.3 is 15.8 Å². The molecule has 0 aromatic heterocycles. The largest absolute Gasteiger partial charge is 0.493 e. The minimum Gasteiger partial charge on any atom is -0.493 e. The van der Waals surface area contributed by atoms with Crippen LogP contribution in [0.2, 0.25) is 0 Å². The van der Waals surface area contributed by atoms with Gasteiger partial charge in [-0.1, -0.05) is 19.9 Å². The van der Waals surface area contributed by atoms with Crippen molar-refractivity contribution in [3.63, 3.8) is 0 Å². The molecule has 0 aliphatic rings. The first-order valence-corrected chi connectivity index (χ1v) is 7.36. The summed E-state index contributed by atoms with van der Waals surface area (Å²) in [5, 5.41) is 3.35. The highest BCUT2D eigenvalue weighted by Gasteiger charge is 2.13. The summed E-state index contributed by atoms with van der Waals surface area (Å²) in [6, 6.07) is 4.03. The number of hydrogen-bond donors (Lipinski definition) is 2. The molecule has 0 fully saturated rings. The summed E-state index contributed by atoms with van der Waals surface area (Å²) in [6.07, 6.45) is 3.40. The van der Waals surface area contributed by atoms with Crippen LogP contribution in [0.3, 0.4) is 0 Å². The minimum atomic E-state index is -0.412. The van der Waals surface area contributed by atoms with E-state index in [-0.39, 0.29) is 0 Å². The number of carbonyl (C=O) groups is 1. The normalized spacial score (nSPS) is 10.7. The van der Waals surface area contributed by atoms with E-state index in [0.29, 0.717) is 24.6 Å². The predicted octanol–water partition coefficient (Wildman–Crippen LogP) is 2.59. The highest BCUT2D eigenvalue weighted by molar-refractivity contribution is 5.94. The Balaban J connectivity index is 2.75. The van der Waals surface area contributed by atoms with E-state index >= 15 is 0 Å². The van der Waals surface area contributed by atoms with Crippen molar-refractivity contribution in [3.8, 4) is 5.75 Å². The summed E-state index contributed by atoms with van der Waals surface area (Å²) in [5.41, 5.74) is 7.79. The Kier molecular flexibility index (Phi) is 6.96. The van der Waals surface area contributed by atoms with Gasteiger partial charge in [-0.25, -0.2) is 0 Å². The molecule has 0 aliphatic heterocycles. The number of allylic oxidation sites excluding steroid dienone is 1. The zero-order chi connectivity index (χ0) is 15.8. The van der Waals surface area contributed by atoms with Crippen LogP contribution in [0.25, 0.3) is 0 Å². The molecule has 0 heterocycles. The van der Waals surface area contributed by atoms with E-state index in [1.54, 1.807) is 12.1 Å². The maximum Gasteiger partial charge on any atom is 0.248 e. The van der Waals surface area contributed by atoms with Crippen LogP contribution in [0.4, 0.5) is 0 Å². The number of benzene rings is 1. The third-order valence-corrected chi connectivity index (χ3v) is 3.30. The van der Waals surface area contributed by atoms with Crippen LogP contribution in [-0.4, -0.2) is 25.1 Å². The third-order valence-electron chi connectivity index (χ3n) is 3.30. The SMILES string of the molecule is C=CCc1c(OCCCNC(C)C)ccc(C(N)=O)c1C. The van der Waals surface area contributed by atoms with E-state index < -0.39 is 5.91 Å².